The molecule has 0 saturated carbocycles. The van der Waals surface area contributed by atoms with Crippen LogP contribution in [0.4, 0.5) is 4.39 Å². The molecule has 1 aliphatic heterocycles. The Hall–Kier alpha value is -3.29. The number of amides is 1. The summed E-state index contributed by atoms with van der Waals surface area (Å²) < 4.78 is 20.4. The third kappa shape index (κ3) is 3.85. The van der Waals surface area contributed by atoms with Gasteiger partial charge in [0.25, 0.3) is 5.91 Å². The van der Waals surface area contributed by atoms with E-state index < -0.39 is 0 Å². The average molecular weight is 381 g/mol. The quantitative estimate of drug-likeness (QED) is 0.694. The SMILES string of the molecule is Cc1cc(Oc2ccc(F)cc2)nc([C@@H]2CCN(C(=O)c3ccn(C)n3)C2)n1. The number of carbonyl (C=O) groups excluding carboxylic acids is 1. The Bertz CT molecular complexity index is 1000. The molecule has 0 radical (unpaired) electrons. The van der Waals surface area contributed by atoms with Gasteiger partial charge in [-0.15, -0.1) is 0 Å². The Morgan fingerprint density at radius 2 is 2.00 bits per heavy atom. The van der Waals surface area contributed by atoms with Crippen molar-refractivity contribution in [1.29, 1.82) is 0 Å². The molecule has 0 aliphatic carbocycles. The van der Waals surface area contributed by atoms with E-state index in [0.29, 0.717) is 36.2 Å². The lowest BCUT2D eigenvalue weighted by Gasteiger charge is -2.15. The maximum atomic E-state index is 13.1. The first-order valence-electron chi connectivity index (χ1n) is 9.06. The minimum absolute atomic E-state index is 0.0307. The molecule has 0 spiro atoms. The van der Waals surface area contributed by atoms with E-state index in [1.54, 1.807) is 47.1 Å². The van der Waals surface area contributed by atoms with Gasteiger partial charge in [0.2, 0.25) is 5.88 Å². The number of nitrogens with zero attached hydrogens (tertiary/aromatic N) is 5. The number of hydrogen-bond donors (Lipinski definition) is 0. The molecule has 0 bridgehead atoms. The molecule has 144 valence electrons. The highest BCUT2D eigenvalue weighted by atomic mass is 19.1. The lowest BCUT2D eigenvalue weighted by molar-refractivity contribution is 0.0784. The summed E-state index contributed by atoms with van der Waals surface area (Å²) in [5.74, 6) is 1.18. The standard InChI is InChI=1S/C20H20FN5O2/c1-13-11-18(28-16-5-3-15(21)4-6-16)23-19(22-13)14-7-10-26(12-14)20(27)17-8-9-25(2)24-17/h3-6,8-9,11,14H,7,10,12H2,1-2H3/t14-/m1/s1. The topological polar surface area (TPSA) is 73.1 Å². The Labute approximate surface area is 161 Å². The van der Waals surface area contributed by atoms with Crippen LogP contribution in [0.5, 0.6) is 11.6 Å². The minimum Gasteiger partial charge on any atom is -0.439 e. The third-order valence-electron chi connectivity index (χ3n) is 4.66. The summed E-state index contributed by atoms with van der Waals surface area (Å²) in [7, 11) is 1.78. The highest BCUT2D eigenvalue weighted by molar-refractivity contribution is 5.92. The minimum atomic E-state index is -0.324. The Balaban J connectivity index is 1.49. The number of aromatic nitrogens is 4. The van der Waals surface area contributed by atoms with E-state index in [1.807, 2.05) is 6.92 Å². The van der Waals surface area contributed by atoms with Gasteiger partial charge in [-0.25, -0.2) is 9.37 Å². The third-order valence-corrected chi connectivity index (χ3v) is 4.66. The summed E-state index contributed by atoms with van der Waals surface area (Å²) in [4.78, 5) is 23.4. The van der Waals surface area contributed by atoms with Crippen LogP contribution in [-0.4, -0.2) is 43.6 Å². The number of hydrogen-bond acceptors (Lipinski definition) is 5. The van der Waals surface area contributed by atoms with E-state index >= 15 is 0 Å². The molecular weight excluding hydrogens is 361 g/mol. The van der Waals surface area contributed by atoms with Crippen LogP contribution < -0.4 is 4.74 Å². The fourth-order valence-electron chi connectivity index (χ4n) is 3.27. The van der Waals surface area contributed by atoms with Gasteiger partial charge in [-0.05, 0) is 43.7 Å². The predicted octanol–water partition coefficient (Wildman–Crippen LogP) is 3.08. The number of aryl methyl sites for hydroxylation is 2. The summed E-state index contributed by atoms with van der Waals surface area (Å²) in [6.07, 6.45) is 2.53. The number of benzene rings is 1. The van der Waals surface area contributed by atoms with Gasteiger partial charge in [0.15, 0.2) is 0 Å². The first kappa shape index (κ1) is 18.1. The Kier molecular flexibility index (Phi) is 4.77. The van der Waals surface area contributed by atoms with Crippen LogP contribution in [0.15, 0.2) is 42.6 Å². The molecule has 4 rings (SSSR count). The molecule has 3 aromatic rings. The molecule has 2 aromatic heterocycles. The second kappa shape index (κ2) is 7.38. The molecule has 1 aromatic carbocycles. The molecule has 1 saturated heterocycles. The highest BCUT2D eigenvalue weighted by Gasteiger charge is 2.31. The average Bonchev–Trinajstić information content (AvgIpc) is 3.32. The zero-order valence-corrected chi connectivity index (χ0v) is 15.7. The highest BCUT2D eigenvalue weighted by Crippen LogP contribution is 2.28. The maximum absolute atomic E-state index is 13.1. The summed E-state index contributed by atoms with van der Waals surface area (Å²) in [5, 5.41) is 4.18. The van der Waals surface area contributed by atoms with Gasteiger partial charge in [-0.3, -0.25) is 9.48 Å². The van der Waals surface area contributed by atoms with Crippen LogP contribution >= 0.6 is 0 Å². The summed E-state index contributed by atoms with van der Waals surface area (Å²) in [6.45, 7) is 3.04. The van der Waals surface area contributed by atoms with Crippen molar-refractivity contribution in [3.8, 4) is 11.6 Å². The number of ether oxygens (including phenoxy) is 1. The monoisotopic (exact) mass is 381 g/mol. The fraction of sp³-hybridized carbons (Fsp3) is 0.300. The number of rotatable bonds is 4. The van der Waals surface area contributed by atoms with Crippen LogP contribution in [0.1, 0.15) is 34.3 Å². The fourth-order valence-corrected chi connectivity index (χ4v) is 3.27. The largest absolute Gasteiger partial charge is 0.439 e. The van der Waals surface area contributed by atoms with Crippen molar-refractivity contribution in [2.45, 2.75) is 19.3 Å². The van der Waals surface area contributed by atoms with Crippen LogP contribution in [0, 0.1) is 12.7 Å². The second-order valence-corrected chi connectivity index (χ2v) is 6.87. The summed E-state index contributed by atoms with van der Waals surface area (Å²) in [5.41, 5.74) is 1.21. The van der Waals surface area contributed by atoms with Crippen LogP contribution in [0.3, 0.4) is 0 Å². The first-order chi connectivity index (χ1) is 13.5. The summed E-state index contributed by atoms with van der Waals surface area (Å²) >= 11 is 0. The van der Waals surface area contributed by atoms with Gasteiger partial charge >= 0.3 is 0 Å². The maximum Gasteiger partial charge on any atom is 0.274 e. The second-order valence-electron chi connectivity index (χ2n) is 6.87. The van der Waals surface area contributed by atoms with Gasteiger partial charge < -0.3 is 9.64 Å². The zero-order valence-electron chi connectivity index (χ0n) is 15.7. The van der Waals surface area contributed by atoms with Gasteiger partial charge in [0.1, 0.15) is 23.1 Å². The normalized spacial score (nSPS) is 16.4. The van der Waals surface area contributed by atoms with E-state index in [0.717, 1.165) is 12.1 Å². The van der Waals surface area contributed by atoms with Crippen LogP contribution in [0.2, 0.25) is 0 Å². The molecule has 28 heavy (non-hydrogen) atoms. The molecule has 1 fully saturated rings. The molecule has 0 N–H and O–H groups in total. The number of likely N-dealkylation sites (tertiary alicyclic amines) is 1. The van der Waals surface area contributed by atoms with Crippen LogP contribution in [0.25, 0.3) is 0 Å². The van der Waals surface area contributed by atoms with Crippen molar-refractivity contribution in [3.63, 3.8) is 0 Å². The molecule has 1 amide bonds. The molecule has 1 atom stereocenters. The molecule has 0 unspecified atom stereocenters. The Morgan fingerprint density at radius 1 is 1.21 bits per heavy atom. The van der Waals surface area contributed by atoms with Gasteiger partial charge in [0, 0.05) is 44.0 Å². The smallest absolute Gasteiger partial charge is 0.274 e. The lowest BCUT2D eigenvalue weighted by atomic mass is 10.1. The van der Waals surface area contributed by atoms with Crippen molar-refractivity contribution in [2.75, 3.05) is 13.1 Å². The van der Waals surface area contributed by atoms with Gasteiger partial charge in [0.05, 0.1) is 0 Å². The number of carbonyl (C=O) groups is 1. The van der Waals surface area contributed by atoms with Crippen molar-refractivity contribution < 1.29 is 13.9 Å². The van der Waals surface area contributed by atoms with E-state index in [9.17, 15) is 9.18 Å². The predicted molar refractivity (Wildman–Crippen MR) is 99.7 cm³/mol. The summed E-state index contributed by atoms with van der Waals surface area (Å²) in [6, 6.07) is 9.22. The van der Waals surface area contributed by atoms with Crippen molar-refractivity contribution >= 4 is 5.91 Å². The molecular formula is C20H20FN5O2. The first-order valence-corrected chi connectivity index (χ1v) is 9.06. The Morgan fingerprint density at radius 3 is 2.71 bits per heavy atom. The molecule has 8 heteroatoms. The molecule has 1 aliphatic rings. The molecule has 3 heterocycles. The van der Waals surface area contributed by atoms with E-state index in [-0.39, 0.29) is 17.6 Å². The van der Waals surface area contributed by atoms with Crippen molar-refractivity contribution in [2.24, 2.45) is 7.05 Å². The van der Waals surface area contributed by atoms with E-state index in [1.165, 1.54) is 12.1 Å². The van der Waals surface area contributed by atoms with Gasteiger partial charge in [-0.1, -0.05) is 0 Å². The number of halogens is 1. The zero-order chi connectivity index (χ0) is 19.7. The molecule has 7 nitrogen and oxygen atoms in total. The van der Waals surface area contributed by atoms with Gasteiger partial charge in [-0.2, -0.15) is 10.1 Å². The van der Waals surface area contributed by atoms with Crippen molar-refractivity contribution in [1.82, 2.24) is 24.6 Å². The van der Waals surface area contributed by atoms with Crippen molar-refractivity contribution in [3.05, 3.63) is 65.6 Å². The van der Waals surface area contributed by atoms with E-state index in [4.69, 9.17) is 4.74 Å². The van der Waals surface area contributed by atoms with Crippen LogP contribution in [-0.2, 0) is 7.05 Å². The van der Waals surface area contributed by atoms with E-state index in [2.05, 4.69) is 15.1 Å². The lowest BCUT2D eigenvalue weighted by Crippen LogP contribution is -2.29.